The van der Waals surface area contributed by atoms with E-state index < -0.39 is 21.6 Å². The number of aromatic nitrogens is 2. The van der Waals surface area contributed by atoms with Gasteiger partial charge in [0.2, 0.25) is 26.6 Å². The van der Waals surface area contributed by atoms with E-state index in [1.54, 1.807) is 17.0 Å². The second kappa shape index (κ2) is 7.43. The van der Waals surface area contributed by atoms with Crippen molar-refractivity contribution < 1.29 is 26.5 Å². The summed E-state index contributed by atoms with van der Waals surface area (Å²) in [4.78, 5) is 18.6. The van der Waals surface area contributed by atoms with Gasteiger partial charge < -0.3 is 13.8 Å². The van der Waals surface area contributed by atoms with E-state index in [1.165, 1.54) is 24.3 Å². The average Bonchev–Trinajstić information content (AvgIpc) is 3.37. The normalized spacial score (nSPS) is 17.4. The minimum atomic E-state index is -3.52. The van der Waals surface area contributed by atoms with Gasteiger partial charge in [-0.25, -0.2) is 12.8 Å². The number of piperidine rings is 1. The molecule has 0 saturated carbocycles. The van der Waals surface area contributed by atoms with E-state index >= 15 is 0 Å². The Kier molecular flexibility index (Phi) is 4.95. The molecule has 1 aliphatic rings. The third-order valence-electron chi connectivity index (χ3n) is 4.74. The van der Waals surface area contributed by atoms with Crippen LogP contribution in [0.3, 0.4) is 0 Å². The first-order valence-electron chi connectivity index (χ1n) is 9.00. The van der Waals surface area contributed by atoms with Crippen LogP contribution in [-0.4, -0.2) is 48.7 Å². The van der Waals surface area contributed by atoms with Gasteiger partial charge in [0.05, 0.1) is 5.92 Å². The van der Waals surface area contributed by atoms with Gasteiger partial charge in [0.25, 0.3) is 5.91 Å². The number of rotatable bonds is 4. The predicted molar refractivity (Wildman–Crippen MR) is 99.4 cm³/mol. The van der Waals surface area contributed by atoms with Crippen LogP contribution in [0.4, 0.5) is 4.39 Å². The second-order valence-electron chi connectivity index (χ2n) is 6.95. The largest absolute Gasteiger partial charge is 0.440 e. The molecule has 8 nitrogen and oxygen atoms in total. The highest BCUT2D eigenvalue weighted by Crippen LogP contribution is 2.29. The Hall–Kier alpha value is -3.01. The van der Waals surface area contributed by atoms with E-state index in [2.05, 4.69) is 10.1 Å². The number of hydrogen-bond acceptors (Lipinski definition) is 7. The number of carbonyl (C=O) groups is 1. The van der Waals surface area contributed by atoms with Crippen molar-refractivity contribution in [2.24, 2.45) is 0 Å². The molecule has 0 spiro atoms. The van der Waals surface area contributed by atoms with Crippen molar-refractivity contribution in [1.29, 1.82) is 0 Å². The highest BCUT2D eigenvalue weighted by molar-refractivity contribution is 7.90. The van der Waals surface area contributed by atoms with Crippen molar-refractivity contribution in [1.82, 2.24) is 15.0 Å². The van der Waals surface area contributed by atoms with Gasteiger partial charge in [0.15, 0.2) is 5.76 Å². The predicted octanol–water partition coefficient (Wildman–Crippen LogP) is 2.89. The van der Waals surface area contributed by atoms with E-state index in [9.17, 15) is 17.6 Å². The molecule has 2 aromatic heterocycles. The molecule has 10 heteroatoms. The maximum Gasteiger partial charge on any atom is 0.289 e. The van der Waals surface area contributed by atoms with E-state index in [4.69, 9.17) is 8.94 Å². The molecule has 0 radical (unpaired) electrons. The fraction of sp³-hybridized carbons (Fsp3) is 0.316. The SMILES string of the molecule is CS(=O)(=O)c1ccc(C(=O)N2CCCC(c3nc(-c4cccc(F)c4)no3)C2)o1. The minimum Gasteiger partial charge on any atom is -0.440 e. The molecule has 152 valence electrons. The maximum absolute atomic E-state index is 13.4. The van der Waals surface area contributed by atoms with Crippen LogP contribution in [0.15, 0.2) is 50.4 Å². The lowest BCUT2D eigenvalue weighted by Crippen LogP contribution is -2.39. The highest BCUT2D eigenvalue weighted by Gasteiger charge is 2.31. The van der Waals surface area contributed by atoms with Crippen molar-refractivity contribution >= 4 is 15.7 Å². The van der Waals surface area contributed by atoms with E-state index in [-0.39, 0.29) is 22.6 Å². The van der Waals surface area contributed by atoms with Crippen LogP contribution in [0, 0.1) is 5.82 Å². The highest BCUT2D eigenvalue weighted by atomic mass is 32.2. The van der Waals surface area contributed by atoms with Gasteiger partial charge in [-0.15, -0.1) is 0 Å². The molecule has 1 amide bonds. The molecule has 3 aromatic rings. The lowest BCUT2D eigenvalue weighted by Gasteiger charge is -2.30. The standard InChI is InChI=1S/C19H18FN3O5S/c1-29(25,26)16-8-7-15(27-16)19(24)23-9-3-5-13(11-23)18-21-17(22-28-18)12-4-2-6-14(20)10-12/h2,4,6-8,10,13H,3,5,9,11H2,1H3. The fourth-order valence-corrected chi connectivity index (χ4v) is 3.86. The van der Waals surface area contributed by atoms with Gasteiger partial charge in [0.1, 0.15) is 5.82 Å². The van der Waals surface area contributed by atoms with Crippen LogP contribution in [-0.2, 0) is 9.84 Å². The summed E-state index contributed by atoms with van der Waals surface area (Å²) < 4.78 is 47.1. The van der Waals surface area contributed by atoms with Gasteiger partial charge in [-0.3, -0.25) is 4.79 Å². The molecule has 1 atom stereocenters. The molecule has 4 rings (SSSR count). The van der Waals surface area contributed by atoms with E-state index in [0.717, 1.165) is 12.7 Å². The quantitative estimate of drug-likeness (QED) is 0.640. The molecule has 1 fully saturated rings. The lowest BCUT2D eigenvalue weighted by molar-refractivity contribution is 0.0658. The molecule has 0 aliphatic carbocycles. The van der Waals surface area contributed by atoms with Crippen LogP contribution in [0.1, 0.15) is 35.2 Å². The summed E-state index contributed by atoms with van der Waals surface area (Å²) in [5.74, 6) is -0.335. The van der Waals surface area contributed by atoms with E-state index in [1.807, 2.05) is 0 Å². The molecular formula is C19H18FN3O5S. The third-order valence-corrected chi connectivity index (χ3v) is 5.69. The number of likely N-dealkylation sites (tertiary alicyclic amines) is 1. The molecule has 1 aromatic carbocycles. The van der Waals surface area contributed by atoms with E-state index in [0.29, 0.717) is 31.0 Å². The van der Waals surface area contributed by atoms with Crippen LogP contribution in [0.2, 0.25) is 0 Å². The lowest BCUT2D eigenvalue weighted by atomic mass is 9.97. The van der Waals surface area contributed by atoms with Gasteiger partial charge >= 0.3 is 0 Å². The first kappa shape index (κ1) is 19.3. The first-order chi connectivity index (χ1) is 13.8. The molecule has 3 heterocycles. The summed E-state index contributed by atoms with van der Waals surface area (Å²) in [6.07, 6.45) is 2.48. The third kappa shape index (κ3) is 4.07. The zero-order valence-electron chi connectivity index (χ0n) is 15.5. The van der Waals surface area contributed by atoms with Gasteiger partial charge in [-0.2, -0.15) is 4.98 Å². The van der Waals surface area contributed by atoms with Crippen LogP contribution in [0.5, 0.6) is 0 Å². The number of amides is 1. The Morgan fingerprint density at radius 2 is 2.10 bits per heavy atom. The van der Waals surface area contributed by atoms with Crippen LogP contribution in [0.25, 0.3) is 11.4 Å². The number of nitrogens with zero attached hydrogens (tertiary/aromatic N) is 3. The zero-order chi connectivity index (χ0) is 20.6. The number of furan rings is 1. The summed E-state index contributed by atoms with van der Waals surface area (Å²) in [5, 5.41) is 3.68. The number of halogens is 1. The molecule has 29 heavy (non-hydrogen) atoms. The molecule has 1 saturated heterocycles. The zero-order valence-corrected chi connectivity index (χ0v) is 16.4. The van der Waals surface area contributed by atoms with Crippen LogP contribution >= 0.6 is 0 Å². The molecule has 0 bridgehead atoms. The maximum atomic E-state index is 13.4. The fourth-order valence-electron chi connectivity index (χ4n) is 3.30. The average molecular weight is 419 g/mol. The van der Waals surface area contributed by atoms with Crippen molar-refractivity contribution in [2.75, 3.05) is 19.3 Å². The smallest absolute Gasteiger partial charge is 0.289 e. The Balaban J connectivity index is 1.50. The van der Waals surface area contributed by atoms with Crippen molar-refractivity contribution in [3.63, 3.8) is 0 Å². The molecule has 1 unspecified atom stereocenters. The summed E-state index contributed by atoms with van der Waals surface area (Å²) in [6.45, 7) is 0.841. The van der Waals surface area contributed by atoms with Gasteiger partial charge in [0, 0.05) is 24.9 Å². The topological polar surface area (TPSA) is 107 Å². The number of sulfone groups is 1. The molecule has 1 aliphatic heterocycles. The van der Waals surface area contributed by atoms with Crippen molar-refractivity contribution in [3.05, 3.63) is 53.9 Å². The monoisotopic (exact) mass is 419 g/mol. The van der Waals surface area contributed by atoms with Gasteiger partial charge in [-0.1, -0.05) is 17.3 Å². The Bertz CT molecular complexity index is 1150. The Morgan fingerprint density at radius 1 is 1.28 bits per heavy atom. The Labute approximate surface area is 166 Å². The summed E-state index contributed by atoms with van der Waals surface area (Å²) in [7, 11) is -3.52. The number of benzene rings is 1. The van der Waals surface area contributed by atoms with Gasteiger partial charge in [-0.05, 0) is 37.1 Å². The molecular weight excluding hydrogens is 401 g/mol. The number of hydrogen-bond donors (Lipinski definition) is 0. The van der Waals surface area contributed by atoms with Crippen LogP contribution < -0.4 is 0 Å². The first-order valence-corrected chi connectivity index (χ1v) is 10.9. The summed E-state index contributed by atoms with van der Waals surface area (Å²) in [5.41, 5.74) is 0.507. The number of carbonyl (C=O) groups excluding carboxylic acids is 1. The van der Waals surface area contributed by atoms with Crippen molar-refractivity contribution in [2.45, 2.75) is 23.9 Å². The summed E-state index contributed by atoms with van der Waals surface area (Å²) in [6, 6.07) is 8.53. The summed E-state index contributed by atoms with van der Waals surface area (Å²) >= 11 is 0. The Morgan fingerprint density at radius 3 is 2.83 bits per heavy atom. The van der Waals surface area contributed by atoms with Crippen molar-refractivity contribution in [3.8, 4) is 11.4 Å². The second-order valence-corrected chi connectivity index (χ2v) is 8.89. The molecule has 0 N–H and O–H groups in total. The minimum absolute atomic E-state index is 0.0305.